The Hall–Kier alpha value is -1.03. The minimum Gasteiger partial charge on any atom is -0.497 e. The maximum atomic E-state index is 12.4. The van der Waals surface area contributed by atoms with E-state index in [2.05, 4.69) is 28.2 Å². The van der Waals surface area contributed by atoms with E-state index in [1.54, 1.807) is 13.2 Å². The van der Waals surface area contributed by atoms with Crippen LogP contribution in [0.25, 0.3) is 0 Å². The second-order valence-electron chi connectivity index (χ2n) is 5.19. The van der Waals surface area contributed by atoms with Crippen LogP contribution in [0.4, 0.5) is 0 Å². The van der Waals surface area contributed by atoms with Gasteiger partial charge in [0, 0.05) is 10.5 Å². The van der Waals surface area contributed by atoms with Gasteiger partial charge in [-0.1, -0.05) is 19.8 Å². The van der Waals surface area contributed by atoms with Gasteiger partial charge in [0.05, 0.1) is 12.7 Å². The zero-order chi connectivity index (χ0) is 13.8. The summed E-state index contributed by atoms with van der Waals surface area (Å²) in [6, 6.07) is 5.74. The van der Waals surface area contributed by atoms with Crippen LogP contribution < -0.4 is 10.1 Å². The number of nitrogens with one attached hydrogen (secondary N) is 1. The van der Waals surface area contributed by atoms with Crippen LogP contribution in [-0.2, 0) is 0 Å². The predicted molar refractivity (Wildman–Crippen MR) is 79.6 cm³/mol. The van der Waals surface area contributed by atoms with Crippen molar-refractivity contribution in [2.24, 2.45) is 5.92 Å². The Bertz CT molecular complexity index is 461. The molecule has 0 radical (unpaired) electrons. The number of methoxy groups -OCH3 is 1. The number of amides is 1. The Labute approximate surface area is 122 Å². The summed E-state index contributed by atoms with van der Waals surface area (Å²) in [5.41, 5.74) is 0.636. The monoisotopic (exact) mass is 325 g/mol. The number of benzene rings is 1. The highest BCUT2D eigenvalue weighted by molar-refractivity contribution is 9.10. The minimum absolute atomic E-state index is 0.0236. The number of hydrogen-bond donors (Lipinski definition) is 1. The summed E-state index contributed by atoms with van der Waals surface area (Å²) < 4.78 is 5.97. The van der Waals surface area contributed by atoms with E-state index in [9.17, 15) is 4.79 Å². The van der Waals surface area contributed by atoms with Crippen molar-refractivity contribution in [1.82, 2.24) is 5.32 Å². The van der Waals surface area contributed by atoms with E-state index in [4.69, 9.17) is 4.74 Å². The lowest BCUT2D eigenvalue weighted by molar-refractivity contribution is 0.0909. The molecule has 2 rings (SSSR count). The van der Waals surface area contributed by atoms with E-state index in [1.165, 1.54) is 19.3 Å². The van der Waals surface area contributed by atoms with Crippen molar-refractivity contribution >= 4 is 21.8 Å². The summed E-state index contributed by atoms with van der Waals surface area (Å²) >= 11 is 3.42. The fraction of sp³-hybridized carbons (Fsp3) is 0.533. The van der Waals surface area contributed by atoms with Gasteiger partial charge in [-0.05, 0) is 52.9 Å². The molecule has 0 aromatic heterocycles. The fourth-order valence-electron chi connectivity index (χ4n) is 2.58. The summed E-state index contributed by atoms with van der Waals surface area (Å²) in [4.78, 5) is 12.4. The van der Waals surface area contributed by atoms with Crippen LogP contribution in [-0.4, -0.2) is 19.1 Å². The second-order valence-corrected chi connectivity index (χ2v) is 6.04. The summed E-state index contributed by atoms with van der Waals surface area (Å²) in [6.07, 6.45) is 4.75. The molecule has 2 unspecified atom stereocenters. The van der Waals surface area contributed by atoms with Gasteiger partial charge in [0.2, 0.25) is 0 Å². The van der Waals surface area contributed by atoms with E-state index in [1.807, 2.05) is 12.1 Å². The first-order valence-corrected chi connectivity index (χ1v) is 7.55. The zero-order valence-electron chi connectivity index (χ0n) is 11.4. The molecule has 4 heteroatoms. The first-order chi connectivity index (χ1) is 9.11. The molecule has 0 bridgehead atoms. The zero-order valence-corrected chi connectivity index (χ0v) is 13.0. The van der Waals surface area contributed by atoms with Crippen LogP contribution in [0.15, 0.2) is 22.7 Å². The third kappa shape index (κ3) is 3.50. The van der Waals surface area contributed by atoms with Gasteiger partial charge in [-0.2, -0.15) is 0 Å². The Balaban J connectivity index is 2.10. The number of halogens is 1. The topological polar surface area (TPSA) is 38.3 Å². The maximum absolute atomic E-state index is 12.4. The van der Waals surface area contributed by atoms with Gasteiger partial charge in [-0.15, -0.1) is 0 Å². The molecule has 2 atom stereocenters. The predicted octanol–water partition coefficient (Wildman–Crippen LogP) is 3.77. The third-order valence-electron chi connectivity index (χ3n) is 3.85. The summed E-state index contributed by atoms with van der Waals surface area (Å²) in [6.45, 7) is 2.21. The normalized spacial score (nSPS) is 22.9. The summed E-state index contributed by atoms with van der Waals surface area (Å²) in [7, 11) is 1.61. The Morgan fingerprint density at radius 2 is 2.11 bits per heavy atom. The highest BCUT2D eigenvalue weighted by Gasteiger charge is 2.24. The molecule has 0 aliphatic heterocycles. The number of carbonyl (C=O) groups excluding carboxylic acids is 1. The molecule has 1 aromatic carbocycles. The number of rotatable bonds is 3. The van der Waals surface area contributed by atoms with Crippen molar-refractivity contribution < 1.29 is 9.53 Å². The Morgan fingerprint density at radius 1 is 1.37 bits per heavy atom. The van der Waals surface area contributed by atoms with Gasteiger partial charge < -0.3 is 10.1 Å². The van der Waals surface area contributed by atoms with Crippen molar-refractivity contribution in [3.8, 4) is 5.75 Å². The molecule has 1 aromatic rings. The van der Waals surface area contributed by atoms with Gasteiger partial charge in [-0.3, -0.25) is 4.79 Å². The molecule has 0 saturated heterocycles. The molecule has 1 N–H and O–H groups in total. The Kier molecular flexibility index (Phi) is 4.86. The van der Waals surface area contributed by atoms with Crippen LogP contribution in [0.1, 0.15) is 43.0 Å². The standard InChI is InChI=1S/C15H20BrNO2/c1-10-5-3-4-6-14(10)17-15(18)12-9-11(19-2)7-8-13(12)16/h7-10,14H,3-6H2,1-2H3,(H,17,18). The van der Waals surface area contributed by atoms with E-state index >= 15 is 0 Å². The van der Waals surface area contributed by atoms with Gasteiger partial charge in [0.1, 0.15) is 5.75 Å². The molecule has 104 valence electrons. The molecule has 1 amide bonds. The highest BCUT2D eigenvalue weighted by atomic mass is 79.9. The molecule has 1 saturated carbocycles. The smallest absolute Gasteiger partial charge is 0.252 e. The fourth-order valence-corrected chi connectivity index (χ4v) is 3.01. The number of ether oxygens (including phenoxy) is 1. The molecule has 0 heterocycles. The van der Waals surface area contributed by atoms with E-state index in [-0.39, 0.29) is 5.91 Å². The summed E-state index contributed by atoms with van der Waals surface area (Å²) in [5, 5.41) is 3.15. The number of hydrogen-bond acceptors (Lipinski definition) is 2. The average molecular weight is 326 g/mol. The second kappa shape index (κ2) is 6.42. The third-order valence-corrected chi connectivity index (χ3v) is 4.54. The molecule has 3 nitrogen and oxygen atoms in total. The van der Waals surface area contributed by atoms with Crippen LogP contribution in [0.3, 0.4) is 0 Å². The largest absolute Gasteiger partial charge is 0.497 e. The average Bonchev–Trinajstić information content (AvgIpc) is 2.42. The lowest BCUT2D eigenvalue weighted by Gasteiger charge is -2.29. The molecular formula is C15H20BrNO2. The summed E-state index contributed by atoms with van der Waals surface area (Å²) in [5.74, 6) is 1.23. The molecule has 1 aliphatic carbocycles. The van der Waals surface area contributed by atoms with Crippen molar-refractivity contribution in [2.75, 3.05) is 7.11 Å². The van der Waals surface area contributed by atoms with Crippen LogP contribution in [0.2, 0.25) is 0 Å². The van der Waals surface area contributed by atoms with Crippen molar-refractivity contribution in [3.05, 3.63) is 28.2 Å². The molecule has 1 fully saturated rings. The van der Waals surface area contributed by atoms with Crippen LogP contribution in [0.5, 0.6) is 5.75 Å². The van der Waals surface area contributed by atoms with E-state index < -0.39 is 0 Å². The Morgan fingerprint density at radius 3 is 2.79 bits per heavy atom. The SMILES string of the molecule is COc1ccc(Br)c(C(=O)NC2CCCCC2C)c1. The van der Waals surface area contributed by atoms with Crippen molar-refractivity contribution in [1.29, 1.82) is 0 Å². The molecule has 0 spiro atoms. The van der Waals surface area contributed by atoms with E-state index in [0.717, 1.165) is 10.9 Å². The van der Waals surface area contributed by atoms with E-state index in [0.29, 0.717) is 23.3 Å². The van der Waals surface area contributed by atoms with Crippen molar-refractivity contribution in [2.45, 2.75) is 38.6 Å². The molecule has 1 aliphatic rings. The van der Waals surface area contributed by atoms with Crippen LogP contribution in [0, 0.1) is 5.92 Å². The maximum Gasteiger partial charge on any atom is 0.252 e. The number of carbonyl (C=O) groups is 1. The van der Waals surface area contributed by atoms with Gasteiger partial charge in [0.15, 0.2) is 0 Å². The van der Waals surface area contributed by atoms with Crippen molar-refractivity contribution in [3.63, 3.8) is 0 Å². The quantitative estimate of drug-likeness (QED) is 0.918. The minimum atomic E-state index is -0.0236. The first kappa shape index (κ1) is 14.4. The lowest BCUT2D eigenvalue weighted by atomic mass is 9.86. The highest BCUT2D eigenvalue weighted by Crippen LogP contribution is 2.26. The molecular weight excluding hydrogens is 306 g/mol. The molecule has 19 heavy (non-hydrogen) atoms. The van der Waals surface area contributed by atoms with Gasteiger partial charge in [-0.25, -0.2) is 0 Å². The first-order valence-electron chi connectivity index (χ1n) is 6.76. The van der Waals surface area contributed by atoms with Crippen LogP contribution >= 0.6 is 15.9 Å². The lowest BCUT2D eigenvalue weighted by Crippen LogP contribution is -2.41. The van der Waals surface area contributed by atoms with Gasteiger partial charge in [0.25, 0.3) is 5.91 Å². The van der Waals surface area contributed by atoms with Gasteiger partial charge >= 0.3 is 0 Å².